The van der Waals surface area contributed by atoms with Crippen molar-refractivity contribution in [3.63, 3.8) is 0 Å². The van der Waals surface area contributed by atoms with Crippen molar-refractivity contribution in [1.82, 2.24) is 0 Å². The maximum absolute atomic E-state index is 12.5. The van der Waals surface area contributed by atoms with Crippen LogP contribution in [-0.4, -0.2) is 57.0 Å². The summed E-state index contributed by atoms with van der Waals surface area (Å²) in [7, 11) is -20.1. The molecule has 18 nitrogen and oxygen atoms in total. The van der Waals surface area contributed by atoms with Crippen LogP contribution in [0.5, 0.6) is 5.75 Å². The Balaban J connectivity index is 0.00000378. The number of phenolic OH excluding ortho intramolecular Hbond substituents is 1. The van der Waals surface area contributed by atoms with Gasteiger partial charge < -0.3 is 19.5 Å². The summed E-state index contributed by atoms with van der Waals surface area (Å²) >= 11 is 0. The molecule has 0 unspecified atom stereocenters. The zero-order valence-corrected chi connectivity index (χ0v) is 40.7. The van der Waals surface area contributed by atoms with Crippen molar-refractivity contribution in [3.05, 3.63) is 85.1 Å². The van der Waals surface area contributed by atoms with Crippen molar-refractivity contribution in [2.45, 2.75) is 26.5 Å². The number of benzene rings is 5. The molecule has 0 bridgehead atoms. The average molecular weight is 868 g/mol. The number of rotatable bonds is 10. The third kappa shape index (κ3) is 12.2. The molecule has 0 spiro atoms. The minimum absolute atomic E-state index is 0. The molecule has 5 aromatic rings. The fraction of sp³-hybridized carbons (Fsp3) is 0.0345. The molecular weight excluding hydrogens is 847 g/mol. The van der Waals surface area contributed by atoms with Crippen LogP contribution >= 0.6 is 0 Å². The maximum Gasteiger partial charge on any atom is 1.00 e. The second kappa shape index (κ2) is 19.7. The summed E-state index contributed by atoms with van der Waals surface area (Å²) in [5.74, 6) is -1.05. The van der Waals surface area contributed by atoms with Gasteiger partial charge in [-0.2, -0.15) is 21.9 Å². The zero-order chi connectivity index (χ0) is 37.7. The molecule has 0 fully saturated rings. The van der Waals surface area contributed by atoms with Crippen LogP contribution in [0.15, 0.2) is 125 Å². The van der Waals surface area contributed by atoms with Crippen molar-refractivity contribution in [2.24, 2.45) is 20.5 Å². The van der Waals surface area contributed by atoms with Crippen molar-refractivity contribution in [2.75, 3.05) is 5.32 Å². The van der Waals surface area contributed by atoms with Gasteiger partial charge in [-0.3, -0.25) is 9.11 Å². The topological polar surface area (TPSA) is 305 Å². The Morgan fingerprint density at radius 1 is 0.618 bits per heavy atom. The van der Waals surface area contributed by atoms with Crippen LogP contribution in [0.1, 0.15) is 6.92 Å². The Hall–Kier alpha value is -1.20. The Morgan fingerprint density at radius 3 is 1.67 bits per heavy atom. The fourth-order valence-electron chi connectivity index (χ4n) is 4.80. The molecule has 266 valence electrons. The van der Waals surface area contributed by atoms with E-state index in [-0.39, 0.29) is 157 Å². The molecule has 0 saturated carbocycles. The van der Waals surface area contributed by atoms with E-state index in [1.165, 1.54) is 37.3 Å². The van der Waals surface area contributed by atoms with Crippen LogP contribution in [0.25, 0.3) is 21.5 Å². The van der Waals surface area contributed by atoms with E-state index < -0.39 is 82.3 Å². The molecule has 0 radical (unpaired) electrons. The molecule has 0 saturated heterocycles. The van der Waals surface area contributed by atoms with Crippen LogP contribution in [0.2, 0.25) is 0 Å². The van der Waals surface area contributed by atoms with Crippen molar-refractivity contribution >= 4 is 90.5 Å². The normalized spacial score (nSPS) is 12.1. The van der Waals surface area contributed by atoms with Gasteiger partial charge in [0.1, 0.15) is 30.8 Å². The van der Waals surface area contributed by atoms with E-state index in [9.17, 15) is 52.4 Å². The van der Waals surface area contributed by atoms with Crippen LogP contribution in [0.3, 0.4) is 0 Å². The van der Waals surface area contributed by atoms with E-state index in [4.69, 9.17) is 4.55 Å². The first-order valence-electron chi connectivity index (χ1n) is 13.7. The largest absolute Gasteiger partial charge is 1.00 e. The Kier molecular flexibility index (Phi) is 18.6. The molecule has 0 aliphatic carbocycles. The molecule has 5 rings (SSSR count). The predicted octanol–water partition coefficient (Wildman–Crippen LogP) is -6.21. The summed E-state index contributed by atoms with van der Waals surface area (Å²) in [6.45, 7) is 5.15. The number of fused-ring (bicyclic) bond motifs is 2. The first-order valence-corrected chi connectivity index (χ1v) is 19.4. The van der Waals surface area contributed by atoms with Gasteiger partial charge in [-0.15, -0.1) is 15.3 Å². The van der Waals surface area contributed by atoms with Gasteiger partial charge in [-0.1, -0.05) is 12.6 Å². The van der Waals surface area contributed by atoms with Crippen molar-refractivity contribution in [3.8, 4) is 5.75 Å². The van der Waals surface area contributed by atoms with Gasteiger partial charge in [-0.05, 0) is 73.7 Å². The van der Waals surface area contributed by atoms with Crippen molar-refractivity contribution in [1.29, 1.82) is 0 Å². The number of hydrogen-bond acceptors (Lipinski definition) is 16. The number of aromatic hydroxyl groups is 1. The molecule has 55 heavy (non-hydrogen) atoms. The summed E-state index contributed by atoms with van der Waals surface area (Å²) in [5, 5.41) is 28.9. The minimum Gasteiger partial charge on any atom is -0.744 e. The molecule has 26 heteroatoms. The van der Waals surface area contributed by atoms with Gasteiger partial charge in [0, 0.05) is 21.9 Å². The first kappa shape index (κ1) is 51.8. The SMILES string of the molecule is C=C(C)Nc1ccc(S(=O)(=O)[O-])c2cc(S(=O)(=O)O)c(N=Nc3ccc(N=Nc4ccc(S(=O)(=O)O)cc4)c4ccc(S(=O)(=O)[O-])cc34)c(O)c12.[Na+].[Na+].[Na+].[Na+]. The van der Waals surface area contributed by atoms with Gasteiger partial charge in [0.25, 0.3) is 20.2 Å². The van der Waals surface area contributed by atoms with Gasteiger partial charge in [0.15, 0.2) is 5.75 Å². The Bertz CT molecular complexity index is 2820. The summed E-state index contributed by atoms with van der Waals surface area (Å²) < 4.78 is 139. The third-order valence-corrected chi connectivity index (χ3v) is 10.4. The van der Waals surface area contributed by atoms with Gasteiger partial charge >= 0.3 is 118 Å². The summed E-state index contributed by atoms with van der Waals surface area (Å²) in [5.41, 5.74) is -0.725. The standard InChI is InChI=1S/C29H23N5O13S4.4Na/c1-15(2)30-24-11-12-25(50(42,43)44)21-14-26(51(45,46)47)28(29(35)27(21)24)34-33-23-10-9-22(19-8-7-18(13-20(19)23)49(39,40)41)32-31-16-3-5-17(6-4-16)48(36,37)38;;;;/h3-14,30,35H,1H2,2H3,(H,36,37,38)(H,39,40,41)(H,42,43,44)(H,45,46,47);;;;/q;4*+1/p-2. The fourth-order valence-corrected chi connectivity index (χ4v) is 7.10. The van der Waals surface area contributed by atoms with Crippen molar-refractivity contribution < 1.29 is 175 Å². The van der Waals surface area contributed by atoms with Crippen LogP contribution in [-0.2, 0) is 40.5 Å². The molecule has 4 N–H and O–H groups in total. The summed E-state index contributed by atoms with van der Waals surface area (Å²) in [6, 6.07) is 12.7. The van der Waals surface area contributed by atoms with E-state index in [1.807, 2.05) is 0 Å². The summed E-state index contributed by atoms with van der Waals surface area (Å²) in [4.78, 5) is -3.21. The molecule has 0 amide bonds. The molecular formula is C29H21N5Na4O13S4+2. The smallest absolute Gasteiger partial charge is 0.744 e. The number of allylic oxidation sites excluding steroid dienone is 1. The van der Waals surface area contributed by atoms with E-state index in [1.54, 1.807) is 0 Å². The number of anilines is 1. The van der Waals surface area contributed by atoms with Gasteiger partial charge in [0.2, 0.25) is 0 Å². The van der Waals surface area contributed by atoms with E-state index in [2.05, 4.69) is 32.4 Å². The third-order valence-electron chi connectivity index (χ3n) is 6.97. The van der Waals surface area contributed by atoms with Gasteiger partial charge in [0.05, 0.1) is 42.8 Å². The number of nitrogens with one attached hydrogen (secondary N) is 1. The van der Waals surface area contributed by atoms with Crippen LogP contribution in [0, 0.1) is 0 Å². The quantitative estimate of drug-likeness (QED) is 0.0577. The second-order valence-corrected chi connectivity index (χ2v) is 16.1. The first-order chi connectivity index (χ1) is 23.6. The predicted molar refractivity (Wildman–Crippen MR) is 178 cm³/mol. The summed E-state index contributed by atoms with van der Waals surface area (Å²) in [6.07, 6.45) is 0. The Morgan fingerprint density at radius 2 is 1.16 bits per heavy atom. The molecule has 0 aliphatic heterocycles. The number of phenols is 1. The maximum atomic E-state index is 12.5. The number of hydrogen-bond donors (Lipinski definition) is 4. The molecule has 0 aromatic heterocycles. The minimum atomic E-state index is -5.31. The van der Waals surface area contributed by atoms with E-state index in [0.29, 0.717) is 6.07 Å². The van der Waals surface area contributed by atoms with E-state index in [0.717, 1.165) is 36.4 Å². The van der Waals surface area contributed by atoms with Gasteiger partial charge in [-0.25, -0.2) is 16.8 Å². The number of azo groups is 2. The van der Waals surface area contributed by atoms with E-state index >= 15 is 0 Å². The Labute approximate surface area is 403 Å². The monoisotopic (exact) mass is 867 g/mol. The number of nitrogens with zero attached hydrogens (tertiary/aromatic N) is 4. The zero-order valence-electron chi connectivity index (χ0n) is 29.5. The second-order valence-electron chi connectivity index (χ2n) is 10.6. The molecule has 0 heterocycles. The average Bonchev–Trinajstić information content (AvgIpc) is 3.01. The van der Waals surface area contributed by atoms with Crippen LogP contribution in [0.4, 0.5) is 28.4 Å². The molecule has 0 aliphatic rings. The van der Waals surface area contributed by atoms with Crippen LogP contribution < -0.4 is 124 Å². The molecule has 5 aromatic carbocycles. The molecule has 0 atom stereocenters.